The van der Waals surface area contributed by atoms with Crippen molar-refractivity contribution in [2.24, 2.45) is 0 Å². The average Bonchev–Trinajstić information content (AvgIpc) is 0. The van der Waals surface area contributed by atoms with Gasteiger partial charge in [0.1, 0.15) is 0 Å². The smallest absolute Gasteiger partial charge is 2.00 e. The fraction of sp³-hybridized carbons (Fsp3) is 0. The summed E-state index contributed by atoms with van der Waals surface area (Å²) in [5, 5.41) is 0. The van der Waals surface area contributed by atoms with Crippen molar-refractivity contribution in [3.63, 3.8) is 0 Å². The third-order valence-corrected chi connectivity index (χ3v) is 0. The van der Waals surface area contributed by atoms with E-state index in [1.54, 1.807) is 0 Å². The quantitative estimate of drug-likeness (QED) is 0.407. The van der Waals surface area contributed by atoms with Gasteiger partial charge in [-0.2, -0.15) is 0 Å². The Hall–Kier alpha value is 4.84. The van der Waals surface area contributed by atoms with Crippen LogP contribution in [-0.2, 0) is 38.3 Å². The van der Waals surface area contributed by atoms with Gasteiger partial charge >= 0.3 is 156 Å². The Morgan fingerprint density at radius 3 is 0.308 bits per heavy atom. The zero-order valence-electron chi connectivity index (χ0n) is 6.84. The first-order chi connectivity index (χ1) is 0. The van der Waals surface area contributed by atoms with E-state index in [2.05, 4.69) is 0 Å². The third kappa shape index (κ3) is 158. The second-order valence-corrected chi connectivity index (χ2v) is 0. The second kappa shape index (κ2) is 180. The maximum absolute atomic E-state index is 0. The first-order valence-electron chi connectivity index (χ1n) is 0. The zero-order chi connectivity index (χ0) is 0. The van der Waals surface area contributed by atoms with Gasteiger partial charge in [0.2, 0.25) is 0 Å². The molecule has 0 aromatic heterocycles. The molecule has 0 N–H and O–H groups in total. The van der Waals surface area contributed by atoms with E-state index in [4.69, 9.17) is 0 Å². The molecule has 0 amide bonds. The van der Waals surface area contributed by atoms with Gasteiger partial charge in [-0.05, 0) is 0 Å². The fourth-order valence-corrected chi connectivity index (χ4v) is 0. The molecule has 56 valence electrons. The van der Waals surface area contributed by atoms with Crippen molar-refractivity contribution in [2.45, 2.75) is 0 Å². The van der Waals surface area contributed by atoms with E-state index in [0.717, 1.165) is 0 Å². The van der Waals surface area contributed by atoms with Gasteiger partial charge in [0.05, 0.1) is 0 Å². The van der Waals surface area contributed by atoms with Gasteiger partial charge in [-0.1, -0.05) is 0 Å². The van der Waals surface area contributed by atoms with Crippen LogP contribution in [0.25, 0.3) is 0 Å². The van der Waals surface area contributed by atoms with Gasteiger partial charge < -0.3 is 38.3 Å². The van der Waals surface area contributed by atoms with Crippen molar-refractivity contribution in [2.75, 3.05) is 0 Å². The van der Waals surface area contributed by atoms with Gasteiger partial charge in [0, 0.05) is 0 Å². The van der Waals surface area contributed by atoms with Crippen LogP contribution in [0.5, 0.6) is 0 Å². The van der Waals surface area contributed by atoms with Gasteiger partial charge in [-0.15, -0.1) is 0 Å². The Morgan fingerprint density at radius 2 is 0.308 bits per heavy atom. The van der Waals surface area contributed by atoms with Crippen molar-refractivity contribution in [3.05, 3.63) is 0 Å². The minimum atomic E-state index is 0. The molecule has 7 nitrogen and oxygen atoms in total. The molecule has 0 radical (unpaired) electrons. The number of rotatable bonds is 0. The van der Waals surface area contributed by atoms with Gasteiger partial charge in [0.15, 0.2) is 0 Å². The number of hydrogen-bond donors (Lipinski definition) is 0. The average molecular weight is 295 g/mol. The topological polar surface area (TPSA) is 200 Å². The molecule has 0 aliphatic carbocycles. The molecule has 0 unspecified atom stereocenters. The van der Waals surface area contributed by atoms with E-state index >= 15 is 0 Å². The molecule has 13 heteroatoms. The molecule has 0 heterocycles. The summed E-state index contributed by atoms with van der Waals surface area (Å²) in [6, 6.07) is 0. The second-order valence-electron chi connectivity index (χ2n) is 0. The molecule has 0 saturated heterocycles. The van der Waals surface area contributed by atoms with Gasteiger partial charge in [-0.25, -0.2) is 0 Å². The summed E-state index contributed by atoms with van der Waals surface area (Å²) >= 11 is 0. The maximum Gasteiger partial charge on any atom is 3.00 e. The molecular weight excluding hydrogens is 295 g/mol. The van der Waals surface area contributed by atoms with Crippen molar-refractivity contribution < 1.29 is 38.3 Å². The summed E-state index contributed by atoms with van der Waals surface area (Å²) in [7, 11) is 0. The Kier molecular flexibility index (Phi) is 3000. The Morgan fingerprint density at radius 1 is 0.308 bits per heavy atom. The predicted molar refractivity (Wildman–Crippen MR) is 39.3 cm³/mol. The SMILES string of the molecule is [Al+3].[Al+3].[Ca+2].[Ca+2].[Mg+2].[Mg+2].[O-2].[O-2].[O-2].[O-2].[O-2].[O-2].[O-2]. The minimum Gasteiger partial charge on any atom is -2.00 e. The Labute approximate surface area is 190 Å². The van der Waals surface area contributed by atoms with Crippen molar-refractivity contribution in [1.29, 1.82) is 0 Å². The van der Waals surface area contributed by atoms with E-state index in [0.29, 0.717) is 0 Å². The molecule has 0 rings (SSSR count). The van der Waals surface area contributed by atoms with Crippen molar-refractivity contribution in [1.82, 2.24) is 0 Å². The summed E-state index contributed by atoms with van der Waals surface area (Å²) in [6.45, 7) is 0. The number of hydrogen-bond acceptors (Lipinski definition) is 0. The molecule has 0 aliphatic rings. The van der Waals surface area contributed by atoms with E-state index in [1.807, 2.05) is 0 Å². The van der Waals surface area contributed by atoms with Crippen LogP contribution >= 0.6 is 0 Å². The van der Waals surface area contributed by atoms with E-state index in [9.17, 15) is 0 Å². The van der Waals surface area contributed by atoms with Crippen LogP contribution in [0.1, 0.15) is 0 Å². The predicted octanol–water partition coefficient (Wildman–Crippen LogP) is -3.12. The monoisotopic (exact) mass is 294 g/mol. The molecule has 0 aliphatic heterocycles. The zero-order valence-corrected chi connectivity index (χ0v) is 16.4. The first-order valence-corrected chi connectivity index (χ1v) is 0. The molecule has 0 bridgehead atoms. The summed E-state index contributed by atoms with van der Waals surface area (Å²) in [4.78, 5) is 0. The van der Waals surface area contributed by atoms with E-state index in [1.165, 1.54) is 0 Å². The van der Waals surface area contributed by atoms with Crippen LogP contribution in [0.4, 0.5) is 0 Å². The van der Waals surface area contributed by atoms with Crippen molar-refractivity contribution >= 4 is 156 Å². The summed E-state index contributed by atoms with van der Waals surface area (Å²) < 4.78 is 0. The summed E-state index contributed by atoms with van der Waals surface area (Å²) in [5.41, 5.74) is 0. The standard InChI is InChI=1S/2Al.2Ca.2Mg.7O/q2*+3;4*+2;7*-2. The van der Waals surface area contributed by atoms with Crippen LogP contribution in [0.2, 0.25) is 0 Å². The third-order valence-electron chi connectivity index (χ3n) is 0. The Bertz CT molecular complexity index is 22.5. The van der Waals surface area contributed by atoms with Crippen molar-refractivity contribution in [3.8, 4) is 0 Å². The van der Waals surface area contributed by atoms with E-state index < -0.39 is 0 Å². The van der Waals surface area contributed by atoms with Crippen LogP contribution < -0.4 is 0 Å². The molecule has 0 aromatic rings. The van der Waals surface area contributed by atoms with Gasteiger partial charge in [-0.3, -0.25) is 0 Å². The van der Waals surface area contributed by atoms with Crippen LogP contribution in [-0.4, -0.2) is 156 Å². The van der Waals surface area contributed by atoms with Gasteiger partial charge in [0.25, 0.3) is 0 Å². The molecule has 0 spiro atoms. The molecule has 0 atom stereocenters. The first kappa shape index (κ1) is 216. The summed E-state index contributed by atoms with van der Waals surface area (Å²) in [5.74, 6) is 0. The van der Waals surface area contributed by atoms with E-state index in [-0.39, 0.29) is 195 Å². The Balaban J connectivity index is 0. The maximum atomic E-state index is 0. The fourth-order valence-electron chi connectivity index (χ4n) is 0. The van der Waals surface area contributed by atoms with Crippen LogP contribution in [0.3, 0.4) is 0 Å². The molecule has 0 saturated carbocycles. The molecule has 13 heavy (non-hydrogen) atoms. The normalized spacial score (nSPS) is 0. The molecule has 0 fully saturated rings. The van der Waals surface area contributed by atoms with Crippen LogP contribution in [0, 0.1) is 0 Å². The summed E-state index contributed by atoms with van der Waals surface area (Å²) in [6.07, 6.45) is 0. The largest absolute Gasteiger partial charge is 3.00 e. The molecular formula is Al2Ca2Mg2O7. The minimum absolute atomic E-state index is 0. The molecule has 0 aromatic carbocycles. The van der Waals surface area contributed by atoms with Crippen LogP contribution in [0.15, 0.2) is 0 Å².